The number of nitro groups is 1. The molecule has 92 valence electrons. The first-order valence-electron chi connectivity index (χ1n) is 4.76. The van der Waals surface area contributed by atoms with E-state index in [0.717, 1.165) is 12.1 Å². The summed E-state index contributed by atoms with van der Waals surface area (Å²) in [6.45, 7) is 2.97. The lowest BCUT2D eigenvalue weighted by Crippen LogP contribution is -2.45. The van der Waals surface area contributed by atoms with Gasteiger partial charge in [-0.05, 0) is 26.0 Å². The molecular formula is C10H12FN3O3. The zero-order valence-corrected chi connectivity index (χ0v) is 9.36. The van der Waals surface area contributed by atoms with Gasteiger partial charge in [-0.15, -0.1) is 0 Å². The molecule has 0 saturated heterocycles. The minimum absolute atomic E-state index is 0.127. The normalized spacial score (nSPS) is 11.1. The second kappa shape index (κ2) is 4.46. The first-order chi connectivity index (χ1) is 7.71. The molecule has 0 saturated carbocycles. The molecule has 1 amide bonds. The predicted octanol–water partition coefficient (Wildman–Crippen LogP) is 1.41. The van der Waals surface area contributed by atoms with Crippen molar-refractivity contribution in [1.29, 1.82) is 0 Å². The van der Waals surface area contributed by atoms with E-state index in [1.165, 1.54) is 19.9 Å². The Morgan fingerprint density at radius 3 is 2.59 bits per heavy atom. The highest BCUT2D eigenvalue weighted by Crippen LogP contribution is 2.22. The van der Waals surface area contributed by atoms with E-state index in [4.69, 9.17) is 5.73 Å². The van der Waals surface area contributed by atoms with Gasteiger partial charge >= 0.3 is 5.69 Å². The molecule has 1 rings (SSSR count). The van der Waals surface area contributed by atoms with E-state index < -0.39 is 27.9 Å². The van der Waals surface area contributed by atoms with Gasteiger partial charge in [0, 0.05) is 11.8 Å². The number of carbonyl (C=O) groups excluding carboxylic acids is 1. The molecule has 0 aromatic heterocycles. The Hall–Kier alpha value is -2.02. The fraction of sp³-hybridized carbons (Fsp3) is 0.300. The van der Waals surface area contributed by atoms with Crippen molar-refractivity contribution >= 4 is 17.3 Å². The van der Waals surface area contributed by atoms with Gasteiger partial charge in [-0.25, -0.2) is 0 Å². The third-order valence-corrected chi connectivity index (χ3v) is 1.99. The van der Waals surface area contributed by atoms with Crippen molar-refractivity contribution in [3.8, 4) is 0 Å². The summed E-state index contributed by atoms with van der Waals surface area (Å²) in [4.78, 5) is 21.1. The van der Waals surface area contributed by atoms with Gasteiger partial charge in [0.05, 0.1) is 10.5 Å². The van der Waals surface area contributed by atoms with Crippen molar-refractivity contribution in [2.24, 2.45) is 5.73 Å². The fourth-order valence-corrected chi connectivity index (χ4v) is 1.02. The highest BCUT2D eigenvalue weighted by Gasteiger charge is 2.23. The third kappa shape index (κ3) is 3.22. The molecule has 0 aliphatic heterocycles. The zero-order valence-electron chi connectivity index (χ0n) is 9.36. The lowest BCUT2D eigenvalue weighted by atomic mass is 10.1. The molecule has 1 aromatic carbocycles. The molecule has 0 spiro atoms. The topological polar surface area (TPSA) is 98.3 Å². The molecule has 17 heavy (non-hydrogen) atoms. The monoisotopic (exact) mass is 241 g/mol. The maximum absolute atomic E-state index is 13.0. The number of hydrogen-bond donors (Lipinski definition) is 2. The van der Waals surface area contributed by atoms with Crippen molar-refractivity contribution < 1.29 is 14.1 Å². The number of halogens is 1. The number of rotatable bonds is 3. The summed E-state index contributed by atoms with van der Waals surface area (Å²) in [5, 5.41) is 12.9. The van der Waals surface area contributed by atoms with Crippen LogP contribution in [0.15, 0.2) is 18.2 Å². The highest BCUT2D eigenvalue weighted by atomic mass is 19.1. The lowest BCUT2D eigenvalue weighted by Gasteiger charge is -2.17. The Morgan fingerprint density at radius 1 is 1.53 bits per heavy atom. The minimum Gasteiger partial charge on any atom is -0.324 e. The number of nitrogens with zero attached hydrogens (tertiary/aromatic N) is 1. The number of hydrogen-bond acceptors (Lipinski definition) is 4. The average molecular weight is 241 g/mol. The van der Waals surface area contributed by atoms with E-state index in [1.807, 2.05) is 0 Å². The predicted molar refractivity (Wildman–Crippen MR) is 60.0 cm³/mol. The van der Waals surface area contributed by atoms with Crippen molar-refractivity contribution in [2.45, 2.75) is 19.4 Å². The van der Waals surface area contributed by atoms with Crippen molar-refractivity contribution in [1.82, 2.24) is 0 Å². The Bertz CT molecular complexity index is 468. The van der Waals surface area contributed by atoms with Crippen molar-refractivity contribution in [2.75, 3.05) is 5.32 Å². The van der Waals surface area contributed by atoms with Crippen LogP contribution in [0.4, 0.5) is 15.8 Å². The molecule has 0 aliphatic rings. The maximum atomic E-state index is 13.0. The molecule has 3 N–H and O–H groups in total. The molecule has 0 aliphatic carbocycles. The Balaban J connectivity index is 2.98. The molecular weight excluding hydrogens is 229 g/mol. The van der Waals surface area contributed by atoms with Crippen LogP contribution in [0.1, 0.15) is 13.8 Å². The van der Waals surface area contributed by atoms with Gasteiger partial charge in [0.25, 0.3) is 0 Å². The third-order valence-electron chi connectivity index (χ3n) is 1.99. The second-order valence-electron chi connectivity index (χ2n) is 4.10. The summed E-state index contributed by atoms with van der Waals surface area (Å²) < 4.78 is 13.0. The van der Waals surface area contributed by atoms with Crippen LogP contribution in [-0.2, 0) is 4.79 Å². The fourth-order valence-electron chi connectivity index (χ4n) is 1.02. The van der Waals surface area contributed by atoms with Gasteiger partial charge in [-0.2, -0.15) is 4.39 Å². The number of benzene rings is 1. The van der Waals surface area contributed by atoms with E-state index in [0.29, 0.717) is 0 Å². The molecule has 7 heteroatoms. The van der Waals surface area contributed by atoms with Crippen LogP contribution < -0.4 is 11.1 Å². The molecule has 0 unspecified atom stereocenters. The molecule has 0 atom stereocenters. The Kier molecular flexibility index (Phi) is 3.42. The molecule has 0 radical (unpaired) electrons. The van der Waals surface area contributed by atoms with Crippen LogP contribution in [0.3, 0.4) is 0 Å². The molecule has 6 nitrogen and oxygen atoms in total. The van der Waals surface area contributed by atoms with Gasteiger partial charge < -0.3 is 11.1 Å². The second-order valence-corrected chi connectivity index (χ2v) is 4.10. The number of carbonyl (C=O) groups is 1. The van der Waals surface area contributed by atoms with E-state index in [9.17, 15) is 19.3 Å². The van der Waals surface area contributed by atoms with Crippen molar-refractivity contribution in [3.05, 3.63) is 34.1 Å². The first kappa shape index (κ1) is 13.0. The van der Waals surface area contributed by atoms with Gasteiger partial charge in [0.2, 0.25) is 11.7 Å². The number of nitro benzene ring substituents is 1. The summed E-state index contributed by atoms with van der Waals surface area (Å²) in [6, 6.07) is 3.09. The highest BCUT2D eigenvalue weighted by molar-refractivity contribution is 5.97. The van der Waals surface area contributed by atoms with Crippen LogP contribution in [0, 0.1) is 15.9 Å². The van der Waals surface area contributed by atoms with Crippen LogP contribution in [-0.4, -0.2) is 16.4 Å². The van der Waals surface area contributed by atoms with Gasteiger partial charge in [0.15, 0.2) is 0 Å². The minimum atomic E-state index is -1.12. The van der Waals surface area contributed by atoms with Gasteiger partial charge in [-0.1, -0.05) is 0 Å². The number of anilines is 1. The van der Waals surface area contributed by atoms with Crippen LogP contribution in [0.5, 0.6) is 0 Å². The Morgan fingerprint density at radius 2 is 2.12 bits per heavy atom. The van der Waals surface area contributed by atoms with E-state index in [2.05, 4.69) is 5.32 Å². The smallest absolute Gasteiger partial charge is 0.306 e. The quantitative estimate of drug-likeness (QED) is 0.617. The largest absolute Gasteiger partial charge is 0.324 e. The van der Waals surface area contributed by atoms with Gasteiger partial charge in [-0.3, -0.25) is 14.9 Å². The lowest BCUT2D eigenvalue weighted by molar-refractivity contribution is -0.387. The summed E-state index contributed by atoms with van der Waals surface area (Å²) in [5.41, 5.74) is 3.84. The van der Waals surface area contributed by atoms with Crippen molar-refractivity contribution in [3.63, 3.8) is 0 Å². The standard InChI is InChI=1S/C10H12FN3O3/c1-10(2,12)9(15)13-6-3-4-7(11)8(5-6)14(16)17/h3-5H,12H2,1-2H3,(H,13,15). The average Bonchev–Trinajstić information content (AvgIpc) is 2.19. The summed E-state index contributed by atoms with van der Waals surface area (Å²) >= 11 is 0. The van der Waals surface area contributed by atoms with Crippen LogP contribution in [0.2, 0.25) is 0 Å². The van der Waals surface area contributed by atoms with E-state index >= 15 is 0 Å². The van der Waals surface area contributed by atoms with Crippen LogP contribution in [0.25, 0.3) is 0 Å². The SMILES string of the molecule is CC(C)(N)C(=O)Nc1ccc(F)c([N+](=O)[O-])c1. The Labute approximate surface area is 96.8 Å². The molecule has 0 fully saturated rings. The number of nitrogens with one attached hydrogen (secondary N) is 1. The zero-order chi connectivity index (χ0) is 13.2. The number of nitrogens with two attached hydrogens (primary N) is 1. The first-order valence-corrected chi connectivity index (χ1v) is 4.76. The van der Waals surface area contributed by atoms with E-state index in [-0.39, 0.29) is 5.69 Å². The molecule has 1 aromatic rings. The number of amides is 1. The van der Waals surface area contributed by atoms with Gasteiger partial charge in [0.1, 0.15) is 0 Å². The maximum Gasteiger partial charge on any atom is 0.306 e. The molecule has 0 bridgehead atoms. The van der Waals surface area contributed by atoms with E-state index in [1.54, 1.807) is 0 Å². The summed E-state index contributed by atoms with van der Waals surface area (Å²) in [7, 11) is 0. The summed E-state index contributed by atoms with van der Waals surface area (Å²) in [5.74, 6) is -1.47. The summed E-state index contributed by atoms with van der Waals surface area (Å²) in [6.07, 6.45) is 0. The molecule has 0 heterocycles. The van der Waals surface area contributed by atoms with Crippen LogP contribution >= 0.6 is 0 Å².